The van der Waals surface area contributed by atoms with Crippen molar-refractivity contribution in [3.05, 3.63) is 452 Å². The minimum Gasteiger partial charge on any atom is -0.336 e. The van der Waals surface area contributed by atoms with Crippen LogP contribution in [0.1, 0.15) is 152 Å². The maximum absolute atomic E-state index is 4.40. The summed E-state index contributed by atoms with van der Waals surface area (Å²) in [4.78, 5) is 2.76. The van der Waals surface area contributed by atoms with E-state index in [0.29, 0.717) is 5.92 Å². The Labute approximate surface area is 660 Å². The van der Waals surface area contributed by atoms with E-state index >= 15 is 0 Å². The van der Waals surface area contributed by atoms with Gasteiger partial charge in [-0.1, -0.05) is 343 Å². The molecule has 0 saturated heterocycles. The lowest BCUT2D eigenvalue weighted by Gasteiger charge is -2.56. The summed E-state index contributed by atoms with van der Waals surface area (Å²) in [5.41, 5.74) is 40.8. The number of fused-ring (bicyclic) bond motifs is 35. The molecular weight excluding hydrogens is 1360 g/mol. The maximum atomic E-state index is 4.40. The number of aromatic nitrogens is 2. The summed E-state index contributed by atoms with van der Waals surface area (Å²) in [5, 5.41) is 3.96. The first kappa shape index (κ1) is 63.1. The van der Waals surface area contributed by atoms with Crippen molar-refractivity contribution in [1.82, 2.24) is 9.13 Å². The number of nitrogens with zero attached hydrogens (tertiary/aromatic N) is 3. The van der Waals surface area contributed by atoms with E-state index in [9.17, 15) is 0 Å². The van der Waals surface area contributed by atoms with Crippen molar-refractivity contribution in [3.63, 3.8) is 0 Å². The van der Waals surface area contributed by atoms with Gasteiger partial charge >= 0.3 is 0 Å². The van der Waals surface area contributed by atoms with E-state index in [1.54, 1.807) is 0 Å². The van der Waals surface area contributed by atoms with Gasteiger partial charge in [-0.3, -0.25) is 0 Å². The summed E-state index contributed by atoms with van der Waals surface area (Å²) >= 11 is 0. The highest BCUT2D eigenvalue weighted by molar-refractivity contribution is 6.13. The molecule has 536 valence electrons. The molecule has 3 nitrogen and oxygen atoms in total. The molecule has 0 radical (unpaired) electrons. The average Bonchev–Trinajstić information content (AvgIpc) is 1.56. The molecule has 4 aliphatic heterocycles. The lowest BCUT2D eigenvalue weighted by atomic mass is 9.47. The molecule has 10 unspecified atom stereocenters. The van der Waals surface area contributed by atoms with E-state index in [1.165, 1.54) is 195 Å². The van der Waals surface area contributed by atoms with E-state index in [2.05, 4.69) is 375 Å². The van der Waals surface area contributed by atoms with E-state index in [4.69, 9.17) is 0 Å². The largest absolute Gasteiger partial charge is 0.336 e. The third-order valence-corrected chi connectivity index (χ3v) is 30.5. The smallest absolute Gasteiger partial charge is 0.0754 e. The minimum absolute atomic E-state index is 0.0248. The predicted molar refractivity (Wildman–Crippen MR) is 465 cm³/mol. The second kappa shape index (κ2) is 22.0. The van der Waals surface area contributed by atoms with Crippen LogP contribution in [0.3, 0.4) is 0 Å². The lowest BCUT2D eigenvalue weighted by molar-refractivity contribution is 0.208. The first-order chi connectivity index (χ1) is 55.7. The van der Waals surface area contributed by atoms with Crippen LogP contribution in [0, 0.1) is 22.7 Å². The van der Waals surface area contributed by atoms with Gasteiger partial charge in [0.15, 0.2) is 0 Å². The van der Waals surface area contributed by atoms with Crippen LogP contribution < -0.4 is 4.90 Å². The fourth-order valence-electron chi connectivity index (χ4n) is 26.7. The third kappa shape index (κ3) is 7.23. The summed E-state index contributed by atoms with van der Waals surface area (Å²) < 4.78 is 5.40. The van der Waals surface area contributed by atoms with Crippen molar-refractivity contribution in [2.24, 2.45) is 22.7 Å². The van der Waals surface area contributed by atoms with Crippen LogP contribution in [0.4, 0.5) is 5.69 Å². The maximum Gasteiger partial charge on any atom is 0.0754 e. The summed E-state index contributed by atoms with van der Waals surface area (Å²) in [6.07, 6.45) is 48.0. The Morgan fingerprint density at radius 1 is 0.504 bits per heavy atom. The van der Waals surface area contributed by atoms with Gasteiger partial charge in [0.25, 0.3) is 0 Å². The number of benzene rings is 11. The van der Waals surface area contributed by atoms with Crippen LogP contribution in [-0.4, -0.2) is 15.2 Å². The second-order valence-electron chi connectivity index (χ2n) is 34.9. The highest BCUT2D eigenvalue weighted by Gasteiger charge is 2.63. The van der Waals surface area contributed by atoms with Crippen molar-refractivity contribution in [1.29, 1.82) is 0 Å². The van der Waals surface area contributed by atoms with Gasteiger partial charge in [0.05, 0.1) is 50.2 Å². The Morgan fingerprint density at radius 3 is 2.02 bits per heavy atom. The molecule has 9 aliphatic carbocycles. The Kier molecular flexibility index (Phi) is 12.3. The topological polar surface area (TPSA) is 13.1 Å². The SMILES string of the molecule is C=C/C=C\C1c2c(C3=CC=CC4(C)C3=CC3=C(c5cccc6c5-c5ccccc5C65c6cccc7c6N(C6=CC=CCC67)C6C=CC=CC65)C=CCC3(C)C4c3cccc4c3-n3c5ccccc5c5cccc(c53)C43c4ccccc4-c4ccccc43)cccc2C2(c3ccccc3-n3c4c(c5cccc2c53)CCC=C4)C1C. The molecule has 2 aromatic heterocycles. The number of hydrogen-bond donors (Lipinski definition) is 0. The Balaban J connectivity index is 0.769. The molecule has 113 heavy (non-hydrogen) atoms. The summed E-state index contributed by atoms with van der Waals surface area (Å²) in [7, 11) is 0. The molecule has 0 amide bonds. The van der Waals surface area contributed by atoms with E-state index in [1.807, 2.05) is 6.08 Å². The highest BCUT2D eigenvalue weighted by atomic mass is 15.2. The van der Waals surface area contributed by atoms with Crippen LogP contribution in [0.5, 0.6) is 0 Å². The zero-order valence-electron chi connectivity index (χ0n) is 63.7. The van der Waals surface area contributed by atoms with Gasteiger partial charge < -0.3 is 14.0 Å². The Hall–Kier alpha value is -12.6. The van der Waals surface area contributed by atoms with Crippen LogP contribution in [0.2, 0.25) is 0 Å². The van der Waals surface area contributed by atoms with E-state index < -0.39 is 27.1 Å². The average molecular weight is 1440 g/mol. The van der Waals surface area contributed by atoms with Gasteiger partial charge in [0.1, 0.15) is 0 Å². The quantitative estimate of drug-likeness (QED) is 0.157. The number of para-hydroxylation sites is 6. The standard InChI is InChI=1S/C110H81N3/c1-5-6-31-66-65(2)108(84-49-16-21-60-97(84)111-94-57-18-10-34-71(94)76-40-25-53-88(108)101(76)111)86-51-23-38-74(99(66)86)69-44-29-62-106(3)92(69)64-93-70(75-39-24-52-87-100(75)79-37-9-15-48-83(79)110(87)85-50-17-22-61-98(85)112-95-58-19-11-35-72(95)77-41-26-54-89(110)102(77)112)45-30-63-107(93,4)105(106)80-43-28-56-91-104(80)113-96-59-20-12-36-73(96)78-42-27-55-90(103(78)113)109(91)81-46-13-7-32-67(81)68-33-8-14-47-82(68)109/h5-9,11-33,36-62,64-66,72,85,98,105H,1,10,34-35,63H2,2-4H3/b31-6-. The number of aryl methyl sites for hydroxylation is 1. The molecule has 0 N–H and O–H groups in total. The van der Waals surface area contributed by atoms with Crippen molar-refractivity contribution in [2.45, 2.75) is 86.5 Å². The Morgan fingerprint density at radius 2 is 1.17 bits per heavy atom. The van der Waals surface area contributed by atoms with E-state index in [-0.39, 0.29) is 29.7 Å². The summed E-state index contributed by atoms with van der Waals surface area (Å²) in [6.45, 7) is 12.3. The van der Waals surface area contributed by atoms with Crippen LogP contribution in [0.25, 0.3) is 83.6 Å². The number of hydrogen-bond acceptors (Lipinski definition) is 1. The first-order valence-corrected chi connectivity index (χ1v) is 41.4. The van der Waals surface area contributed by atoms with E-state index in [0.717, 1.165) is 25.7 Å². The van der Waals surface area contributed by atoms with Crippen LogP contribution >= 0.6 is 0 Å². The Bertz CT molecular complexity index is 6970. The zero-order valence-corrected chi connectivity index (χ0v) is 63.7. The molecule has 6 heterocycles. The molecule has 0 saturated carbocycles. The summed E-state index contributed by atoms with van der Waals surface area (Å²) in [5.74, 6) is 0.453. The van der Waals surface area contributed by atoms with Crippen LogP contribution in [0.15, 0.2) is 357 Å². The molecule has 10 atom stereocenters. The van der Waals surface area contributed by atoms with Gasteiger partial charge in [0.2, 0.25) is 0 Å². The number of anilines is 1. The van der Waals surface area contributed by atoms with Gasteiger partial charge in [-0.25, -0.2) is 0 Å². The fourth-order valence-corrected chi connectivity index (χ4v) is 26.7. The van der Waals surface area contributed by atoms with Gasteiger partial charge in [-0.05, 0) is 189 Å². The molecule has 13 aliphatic rings. The monoisotopic (exact) mass is 1440 g/mol. The van der Waals surface area contributed by atoms with Crippen molar-refractivity contribution in [3.8, 4) is 33.6 Å². The molecule has 3 heteroatoms. The molecule has 11 aromatic carbocycles. The van der Waals surface area contributed by atoms with Gasteiger partial charge in [0, 0.05) is 67.7 Å². The van der Waals surface area contributed by atoms with Crippen LogP contribution in [-0.2, 0) is 22.7 Å². The second-order valence-corrected chi connectivity index (χ2v) is 34.9. The van der Waals surface area contributed by atoms with Crippen molar-refractivity contribution < 1.29 is 0 Å². The molecule has 26 rings (SSSR count). The number of rotatable bonds is 5. The summed E-state index contributed by atoms with van der Waals surface area (Å²) in [6, 6.07) is 91.8. The zero-order chi connectivity index (χ0) is 74.3. The molecular formula is C110H81N3. The number of allylic oxidation sites excluding steroid dienone is 20. The predicted octanol–water partition coefficient (Wildman–Crippen LogP) is 25.8. The third-order valence-electron chi connectivity index (χ3n) is 30.5. The molecule has 0 fully saturated rings. The van der Waals surface area contributed by atoms with Gasteiger partial charge in [-0.2, -0.15) is 0 Å². The minimum atomic E-state index is -0.636. The highest BCUT2D eigenvalue weighted by Crippen LogP contribution is 2.73. The van der Waals surface area contributed by atoms with Crippen molar-refractivity contribution >= 4 is 55.6 Å². The first-order valence-electron chi connectivity index (χ1n) is 41.4. The van der Waals surface area contributed by atoms with Crippen molar-refractivity contribution in [2.75, 3.05) is 4.90 Å². The van der Waals surface area contributed by atoms with Gasteiger partial charge in [-0.15, -0.1) is 0 Å². The molecule has 3 spiro atoms. The molecule has 0 bridgehead atoms. The normalized spacial score (nSPS) is 26.5. The lowest BCUT2D eigenvalue weighted by Crippen LogP contribution is -2.53. The molecule has 13 aromatic rings. The fraction of sp³-hybridized carbons (Fsp3) is 0.164.